The maximum Gasteiger partial charge on any atom is 0.269 e. The summed E-state index contributed by atoms with van der Waals surface area (Å²) >= 11 is 0. The monoisotopic (exact) mass is 498 g/mol. The SMILES string of the molecule is O=[N+]([O-])c1ccc(-c2c3[nH]c4ccccc4c3c(-c3ccc([N+](=O)[O-])cc3)c3[nH]c4ccccc4c23)cc1. The molecule has 0 aliphatic rings. The number of non-ortho nitro benzene ring substituents is 2. The van der Waals surface area contributed by atoms with Crippen molar-refractivity contribution in [2.24, 2.45) is 0 Å². The van der Waals surface area contributed by atoms with E-state index in [1.807, 2.05) is 36.4 Å². The second-order valence-electron chi connectivity index (χ2n) is 9.20. The van der Waals surface area contributed by atoms with Crippen molar-refractivity contribution in [3.8, 4) is 22.3 Å². The van der Waals surface area contributed by atoms with E-state index in [1.54, 1.807) is 24.3 Å². The highest BCUT2D eigenvalue weighted by molar-refractivity contribution is 6.31. The van der Waals surface area contributed by atoms with E-state index in [0.29, 0.717) is 0 Å². The number of rotatable bonds is 4. The minimum absolute atomic E-state index is 0.0271. The Morgan fingerprint density at radius 1 is 0.500 bits per heavy atom. The van der Waals surface area contributed by atoms with Crippen molar-refractivity contribution in [2.75, 3.05) is 0 Å². The number of nitro benzene ring substituents is 2. The third-order valence-corrected chi connectivity index (χ3v) is 7.15. The molecule has 182 valence electrons. The number of nitrogens with one attached hydrogen (secondary N) is 2. The second kappa shape index (κ2) is 8.01. The Kier molecular flexibility index (Phi) is 4.58. The highest BCUT2D eigenvalue weighted by Gasteiger charge is 2.24. The molecule has 38 heavy (non-hydrogen) atoms. The first-order chi connectivity index (χ1) is 18.5. The third-order valence-electron chi connectivity index (χ3n) is 7.15. The van der Waals surface area contributed by atoms with Crippen LogP contribution in [0.3, 0.4) is 0 Å². The van der Waals surface area contributed by atoms with Crippen LogP contribution in [0.15, 0.2) is 97.1 Å². The lowest BCUT2D eigenvalue weighted by atomic mass is 9.90. The van der Waals surface area contributed by atoms with Crippen LogP contribution in [0.1, 0.15) is 0 Å². The van der Waals surface area contributed by atoms with Gasteiger partial charge in [0.05, 0.1) is 20.9 Å². The summed E-state index contributed by atoms with van der Waals surface area (Å²) in [5.41, 5.74) is 7.30. The molecule has 0 aliphatic carbocycles. The number of H-pyrrole nitrogens is 2. The van der Waals surface area contributed by atoms with Crippen molar-refractivity contribution in [3.05, 3.63) is 117 Å². The molecule has 0 saturated heterocycles. The maximum atomic E-state index is 11.3. The standard InChI is InChI=1S/C30H18N4O4/c35-33(36)19-13-9-17(10-14-19)25-27-21-5-1-3-7-23(21)31-29(27)26(18-11-15-20(16-12-18)34(37)38)28-22-6-2-4-8-24(22)32-30(25)28/h1-16,31-32H. The predicted molar refractivity (Wildman–Crippen MR) is 149 cm³/mol. The van der Waals surface area contributed by atoms with Crippen LogP contribution in [0.4, 0.5) is 11.4 Å². The molecule has 7 aromatic rings. The average molecular weight is 498 g/mol. The van der Waals surface area contributed by atoms with Gasteiger partial charge in [-0.15, -0.1) is 0 Å². The fourth-order valence-corrected chi connectivity index (χ4v) is 5.51. The Hall–Kier alpha value is -5.50. The summed E-state index contributed by atoms with van der Waals surface area (Å²) in [6.45, 7) is 0. The van der Waals surface area contributed by atoms with E-state index in [-0.39, 0.29) is 11.4 Å². The summed E-state index contributed by atoms with van der Waals surface area (Å²) in [5, 5.41) is 26.7. The van der Waals surface area contributed by atoms with Gasteiger partial charge >= 0.3 is 0 Å². The number of hydrogen-bond acceptors (Lipinski definition) is 4. The van der Waals surface area contributed by atoms with Crippen molar-refractivity contribution < 1.29 is 9.85 Å². The summed E-state index contributed by atoms with van der Waals surface area (Å²) in [5.74, 6) is 0. The molecule has 8 nitrogen and oxygen atoms in total. The van der Waals surface area contributed by atoms with Crippen molar-refractivity contribution in [3.63, 3.8) is 0 Å². The predicted octanol–water partition coefficient (Wildman–Crippen LogP) is 8.11. The highest BCUT2D eigenvalue weighted by Crippen LogP contribution is 2.48. The molecule has 8 heteroatoms. The number of nitrogens with zero attached hydrogens (tertiary/aromatic N) is 2. The number of aromatic amines is 2. The lowest BCUT2D eigenvalue weighted by Gasteiger charge is -2.13. The molecule has 0 atom stereocenters. The Balaban J connectivity index is 1.70. The Bertz CT molecular complexity index is 1920. The zero-order valence-electron chi connectivity index (χ0n) is 19.8. The molecule has 0 amide bonds. The Morgan fingerprint density at radius 2 is 0.868 bits per heavy atom. The topological polar surface area (TPSA) is 118 Å². The molecule has 5 aromatic carbocycles. The summed E-state index contributed by atoms with van der Waals surface area (Å²) in [4.78, 5) is 29.1. The van der Waals surface area contributed by atoms with Crippen LogP contribution < -0.4 is 0 Å². The fraction of sp³-hybridized carbons (Fsp3) is 0. The van der Waals surface area contributed by atoms with Gasteiger partial charge in [-0.1, -0.05) is 36.4 Å². The van der Waals surface area contributed by atoms with Gasteiger partial charge < -0.3 is 9.97 Å². The van der Waals surface area contributed by atoms with Gasteiger partial charge in [-0.25, -0.2) is 0 Å². The van der Waals surface area contributed by atoms with Crippen LogP contribution in [0, 0.1) is 20.2 Å². The summed E-state index contributed by atoms with van der Waals surface area (Å²) in [7, 11) is 0. The minimum atomic E-state index is -0.402. The quantitative estimate of drug-likeness (QED) is 0.188. The highest BCUT2D eigenvalue weighted by atomic mass is 16.6. The Labute approximate surface area is 214 Å². The van der Waals surface area contributed by atoms with E-state index in [4.69, 9.17) is 0 Å². The smallest absolute Gasteiger partial charge is 0.269 e. The van der Waals surface area contributed by atoms with Crippen LogP contribution in [-0.2, 0) is 0 Å². The first kappa shape index (κ1) is 21.8. The van der Waals surface area contributed by atoms with Gasteiger partial charge in [0.1, 0.15) is 0 Å². The third kappa shape index (κ3) is 3.10. The van der Waals surface area contributed by atoms with Crippen LogP contribution >= 0.6 is 0 Å². The normalized spacial score (nSPS) is 11.6. The van der Waals surface area contributed by atoms with Crippen molar-refractivity contribution >= 4 is 55.0 Å². The lowest BCUT2D eigenvalue weighted by Crippen LogP contribution is -1.91. The minimum Gasteiger partial charge on any atom is -0.354 e. The molecule has 2 heterocycles. The summed E-state index contributed by atoms with van der Waals surface area (Å²) < 4.78 is 0. The van der Waals surface area contributed by atoms with Crippen molar-refractivity contribution in [2.45, 2.75) is 0 Å². The van der Waals surface area contributed by atoms with Crippen LogP contribution in [0.5, 0.6) is 0 Å². The van der Waals surface area contributed by atoms with Gasteiger partial charge in [0, 0.05) is 68.0 Å². The molecule has 7 rings (SSSR count). The molecule has 0 fully saturated rings. The number of nitro groups is 2. The molecule has 0 aliphatic heterocycles. The molecule has 0 saturated carbocycles. The Morgan fingerprint density at radius 3 is 1.24 bits per heavy atom. The summed E-state index contributed by atoms with van der Waals surface area (Å²) in [6.07, 6.45) is 0. The van der Waals surface area contributed by atoms with Crippen LogP contribution in [0.25, 0.3) is 65.9 Å². The van der Waals surface area contributed by atoms with E-state index in [0.717, 1.165) is 65.9 Å². The van der Waals surface area contributed by atoms with Gasteiger partial charge in [-0.2, -0.15) is 0 Å². The molecule has 0 spiro atoms. The molecule has 2 aromatic heterocycles. The van der Waals surface area contributed by atoms with Gasteiger partial charge in [0.2, 0.25) is 0 Å². The van der Waals surface area contributed by atoms with Gasteiger partial charge in [-0.3, -0.25) is 20.2 Å². The van der Waals surface area contributed by atoms with E-state index in [2.05, 4.69) is 22.1 Å². The fourth-order valence-electron chi connectivity index (χ4n) is 5.51. The van der Waals surface area contributed by atoms with Crippen molar-refractivity contribution in [1.82, 2.24) is 9.97 Å². The molecular formula is C30H18N4O4. The van der Waals surface area contributed by atoms with Crippen molar-refractivity contribution in [1.29, 1.82) is 0 Å². The van der Waals surface area contributed by atoms with Gasteiger partial charge in [-0.05, 0) is 47.5 Å². The van der Waals surface area contributed by atoms with Crippen LogP contribution in [0.2, 0.25) is 0 Å². The molecular weight excluding hydrogens is 480 g/mol. The molecule has 2 N–H and O–H groups in total. The summed E-state index contributed by atoms with van der Waals surface area (Å²) in [6, 6.07) is 29.3. The second-order valence-corrected chi connectivity index (χ2v) is 9.20. The maximum absolute atomic E-state index is 11.3. The number of hydrogen-bond donors (Lipinski definition) is 2. The van der Waals surface area contributed by atoms with Crippen LogP contribution in [-0.4, -0.2) is 19.8 Å². The number of fused-ring (bicyclic) bond motifs is 6. The zero-order valence-corrected chi connectivity index (χ0v) is 19.8. The first-order valence-corrected chi connectivity index (χ1v) is 12.0. The lowest BCUT2D eigenvalue weighted by molar-refractivity contribution is -0.385. The molecule has 0 bridgehead atoms. The number of para-hydroxylation sites is 2. The zero-order chi connectivity index (χ0) is 26.0. The first-order valence-electron chi connectivity index (χ1n) is 12.0. The molecule has 0 unspecified atom stereocenters. The van der Waals surface area contributed by atoms with Gasteiger partial charge in [0.25, 0.3) is 11.4 Å². The molecule has 0 radical (unpaired) electrons. The largest absolute Gasteiger partial charge is 0.354 e. The van der Waals surface area contributed by atoms with E-state index >= 15 is 0 Å². The number of benzene rings is 5. The van der Waals surface area contributed by atoms with E-state index < -0.39 is 9.85 Å². The number of aromatic nitrogens is 2. The van der Waals surface area contributed by atoms with E-state index in [9.17, 15) is 20.2 Å². The van der Waals surface area contributed by atoms with Gasteiger partial charge in [0.15, 0.2) is 0 Å². The average Bonchev–Trinajstić information content (AvgIpc) is 3.51. The van der Waals surface area contributed by atoms with E-state index in [1.165, 1.54) is 24.3 Å².